The van der Waals surface area contributed by atoms with Gasteiger partial charge in [0.15, 0.2) is 0 Å². The molecule has 0 aliphatic carbocycles. The van der Waals surface area contributed by atoms with Crippen LogP contribution in [0.4, 0.5) is 0 Å². The van der Waals surface area contributed by atoms with Gasteiger partial charge in [-0.15, -0.1) is 0 Å². The van der Waals surface area contributed by atoms with Crippen molar-refractivity contribution >= 4 is 5.97 Å². The lowest BCUT2D eigenvalue weighted by atomic mass is 10.0. The van der Waals surface area contributed by atoms with E-state index in [2.05, 4.69) is 0 Å². The Balaban J connectivity index is 2.30. The molecule has 1 unspecified atom stereocenters. The largest absolute Gasteiger partial charge is 0.486 e. The Morgan fingerprint density at radius 1 is 1.11 bits per heavy atom. The maximum atomic E-state index is 11.2. The number of hydrogen-bond donors (Lipinski definition) is 1. The molecular weight excluding hydrogens is 240 g/mol. The summed E-state index contributed by atoms with van der Waals surface area (Å²) in [7, 11) is 0. The molecule has 3 nitrogen and oxygen atoms in total. The fraction of sp³-hybridized carbons (Fsp3) is 0.188. The standard InChI is InChI=1S/C16H16O3/c1-2-15(19-12-8-4-3-5-9-12)13-10-6-7-11-14(13)16(17)18/h3-11,15H,2H2,1H3,(H,17,18). The van der Waals surface area contributed by atoms with Gasteiger partial charge in [0, 0.05) is 5.56 Å². The normalized spacial score (nSPS) is 11.8. The summed E-state index contributed by atoms with van der Waals surface area (Å²) in [6, 6.07) is 16.4. The van der Waals surface area contributed by atoms with E-state index in [0.29, 0.717) is 17.5 Å². The minimum atomic E-state index is -0.925. The molecule has 0 saturated carbocycles. The Hall–Kier alpha value is -2.29. The molecule has 2 rings (SSSR count). The van der Waals surface area contributed by atoms with E-state index >= 15 is 0 Å². The highest BCUT2D eigenvalue weighted by Crippen LogP contribution is 2.27. The van der Waals surface area contributed by atoms with Crippen molar-refractivity contribution in [3.05, 3.63) is 65.7 Å². The minimum Gasteiger partial charge on any atom is -0.486 e. The first kappa shape index (κ1) is 13.1. The number of carboxylic acids is 1. The van der Waals surface area contributed by atoms with E-state index < -0.39 is 5.97 Å². The average Bonchev–Trinajstić information content (AvgIpc) is 2.46. The predicted octanol–water partition coefficient (Wildman–Crippen LogP) is 3.91. The SMILES string of the molecule is CCC(Oc1ccccc1)c1ccccc1C(=O)O. The summed E-state index contributed by atoms with van der Waals surface area (Å²) >= 11 is 0. The number of carboxylic acid groups (broad SMARTS) is 1. The topological polar surface area (TPSA) is 46.5 Å². The second-order valence-electron chi connectivity index (χ2n) is 4.22. The highest BCUT2D eigenvalue weighted by Gasteiger charge is 2.18. The third-order valence-corrected chi connectivity index (χ3v) is 2.93. The van der Waals surface area contributed by atoms with Crippen LogP contribution in [0.5, 0.6) is 5.75 Å². The maximum Gasteiger partial charge on any atom is 0.336 e. The van der Waals surface area contributed by atoms with Gasteiger partial charge in [0.25, 0.3) is 0 Å². The van der Waals surface area contributed by atoms with Crippen LogP contribution >= 0.6 is 0 Å². The molecule has 0 spiro atoms. The Labute approximate surface area is 112 Å². The Bertz CT molecular complexity index is 549. The first-order chi connectivity index (χ1) is 9.22. The van der Waals surface area contributed by atoms with Crippen LogP contribution in [0.25, 0.3) is 0 Å². The Morgan fingerprint density at radius 2 is 1.74 bits per heavy atom. The van der Waals surface area contributed by atoms with Gasteiger partial charge in [-0.1, -0.05) is 43.3 Å². The molecule has 3 heteroatoms. The van der Waals surface area contributed by atoms with E-state index in [1.54, 1.807) is 18.2 Å². The number of aromatic carboxylic acids is 1. The highest BCUT2D eigenvalue weighted by atomic mass is 16.5. The van der Waals surface area contributed by atoms with Crippen molar-refractivity contribution in [1.29, 1.82) is 0 Å². The van der Waals surface area contributed by atoms with Crippen molar-refractivity contribution in [3.8, 4) is 5.75 Å². The van der Waals surface area contributed by atoms with E-state index in [-0.39, 0.29) is 6.10 Å². The van der Waals surface area contributed by atoms with Gasteiger partial charge in [0.05, 0.1) is 5.56 Å². The minimum absolute atomic E-state index is 0.255. The zero-order chi connectivity index (χ0) is 13.7. The molecule has 0 amide bonds. The summed E-state index contributed by atoms with van der Waals surface area (Å²) in [5.41, 5.74) is 1.01. The molecule has 0 aliphatic rings. The monoisotopic (exact) mass is 256 g/mol. The predicted molar refractivity (Wildman–Crippen MR) is 73.5 cm³/mol. The summed E-state index contributed by atoms with van der Waals surface area (Å²) < 4.78 is 5.88. The van der Waals surface area contributed by atoms with E-state index in [1.165, 1.54) is 0 Å². The number of ether oxygens (including phenoxy) is 1. The fourth-order valence-corrected chi connectivity index (χ4v) is 2.00. The van der Waals surface area contributed by atoms with E-state index in [4.69, 9.17) is 4.74 Å². The molecule has 0 fully saturated rings. The van der Waals surface area contributed by atoms with E-state index in [9.17, 15) is 9.90 Å². The number of benzene rings is 2. The van der Waals surface area contributed by atoms with Crippen LogP contribution in [-0.4, -0.2) is 11.1 Å². The number of carbonyl (C=O) groups is 1. The number of para-hydroxylation sites is 1. The molecule has 0 bridgehead atoms. The third-order valence-electron chi connectivity index (χ3n) is 2.93. The zero-order valence-electron chi connectivity index (χ0n) is 10.7. The molecule has 98 valence electrons. The molecule has 2 aromatic carbocycles. The molecule has 19 heavy (non-hydrogen) atoms. The molecule has 0 aliphatic heterocycles. The summed E-state index contributed by atoms with van der Waals surface area (Å²) in [5.74, 6) is -0.180. The van der Waals surface area contributed by atoms with Crippen LogP contribution in [0.2, 0.25) is 0 Å². The van der Waals surface area contributed by atoms with Gasteiger partial charge in [0.2, 0.25) is 0 Å². The van der Waals surface area contributed by atoms with Crippen molar-refractivity contribution in [2.45, 2.75) is 19.4 Å². The molecule has 0 saturated heterocycles. The van der Waals surface area contributed by atoms with Crippen LogP contribution in [-0.2, 0) is 0 Å². The lowest BCUT2D eigenvalue weighted by Crippen LogP contribution is -2.12. The van der Waals surface area contributed by atoms with Gasteiger partial charge in [-0.25, -0.2) is 4.79 Å². The van der Waals surface area contributed by atoms with Gasteiger partial charge >= 0.3 is 5.97 Å². The molecular formula is C16H16O3. The summed E-state index contributed by atoms with van der Waals surface area (Å²) in [6.45, 7) is 1.98. The van der Waals surface area contributed by atoms with Crippen molar-refractivity contribution in [1.82, 2.24) is 0 Å². The molecule has 0 radical (unpaired) electrons. The van der Waals surface area contributed by atoms with Gasteiger partial charge in [-0.3, -0.25) is 0 Å². The maximum absolute atomic E-state index is 11.2. The van der Waals surface area contributed by atoms with Gasteiger partial charge < -0.3 is 9.84 Å². The van der Waals surface area contributed by atoms with Crippen LogP contribution < -0.4 is 4.74 Å². The van der Waals surface area contributed by atoms with E-state index in [1.807, 2.05) is 43.3 Å². The smallest absolute Gasteiger partial charge is 0.336 e. The zero-order valence-corrected chi connectivity index (χ0v) is 10.7. The first-order valence-corrected chi connectivity index (χ1v) is 6.26. The fourth-order valence-electron chi connectivity index (χ4n) is 2.00. The average molecular weight is 256 g/mol. The van der Waals surface area contributed by atoms with E-state index in [0.717, 1.165) is 5.75 Å². The van der Waals surface area contributed by atoms with Crippen molar-refractivity contribution in [3.63, 3.8) is 0 Å². The molecule has 0 aromatic heterocycles. The number of hydrogen-bond acceptors (Lipinski definition) is 2. The lowest BCUT2D eigenvalue weighted by Gasteiger charge is -2.19. The van der Waals surface area contributed by atoms with Crippen LogP contribution in [0.3, 0.4) is 0 Å². The van der Waals surface area contributed by atoms with Crippen molar-refractivity contribution in [2.24, 2.45) is 0 Å². The van der Waals surface area contributed by atoms with Gasteiger partial charge in [-0.05, 0) is 24.6 Å². The third kappa shape index (κ3) is 3.13. The Kier molecular flexibility index (Phi) is 4.18. The summed E-state index contributed by atoms with van der Waals surface area (Å²) in [6.07, 6.45) is 0.453. The molecule has 0 heterocycles. The van der Waals surface area contributed by atoms with Crippen LogP contribution in [0.15, 0.2) is 54.6 Å². The van der Waals surface area contributed by atoms with Gasteiger partial charge in [0.1, 0.15) is 11.9 Å². The summed E-state index contributed by atoms with van der Waals surface area (Å²) in [4.78, 5) is 11.2. The van der Waals surface area contributed by atoms with Crippen LogP contribution in [0.1, 0.15) is 35.4 Å². The van der Waals surface area contributed by atoms with Crippen LogP contribution in [0, 0.1) is 0 Å². The highest BCUT2D eigenvalue weighted by molar-refractivity contribution is 5.89. The van der Waals surface area contributed by atoms with Gasteiger partial charge in [-0.2, -0.15) is 0 Å². The summed E-state index contributed by atoms with van der Waals surface area (Å²) in [5, 5.41) is 9.22. The number of rotatable bonds is 5. The quantitative estimate of drug-likeness (QED) is 0.882. The second kappa shape index (κ2) is 6.05. The first-order valence-electron chi connectivity index (χ1n) is 6.26. The second-order valence-corrected chi connectivity index (χ2v) is 4.22. The Morgan fingerprint density at radius 3 is 2.37 bits per heavy atom. The van der Waals surface area contributed by atoms with Crippen molar-refractivity contribution < 1.29 is 14.6 Å². The lowest BCUT2D eigenvalue weighted by molar-refractivity contribution is 0.0690. The molecule has 2 aromatic rings. The molecule has 1 N–H and O–H groups in total. The van der Waals surface area contributed by atoms with Crippen molar-refractivity contribution in [2.75, 3.05) is 0 Å². The molecule has 1 atom stereocenters.